The maximum Gasteiger partial charge on any atom is 0.321 e. The summed E-state index contributed by atoms with van der Waals surface area (Å²) in [5.41, 5.74) is 5.80. The Morgan fingerprint density at radius 1 is 1.40 bits per heavy atom. The number of nitrogens with one attached hydrogen (secondary N) is 2. The van der Waals surface area contributed by atoms with E-state index in [-0.39, 0.29) is 12.5 Å². The van der Waals surface area contributed by atoms with Gasteiger partial charge in [0.15, 0.2) is 0 Å². The Hall–Kier alpha value is -1.40. The lowest BCUT2D eigenvalue weighted by Gasteiger charge is -2.37. The molecule has 0 aromatic rings. The van der Waals surface area contributed by atoms with Gasteiger partial charge in [0.05, 0.1) is 6.54 Å². The Kier molecular flexibility index (Phi) is 7.25. The molecule has 4 N–H and O–H groups in total. The van der Waals surface area contributed by atoms with Gasteiger partial charge in [0.1, 0.15) is 0 Å². The molecule has 0 radical (unpaired) electrons. The predicted octanol–water partition coefficient (Wildman–Crippen LogP) is 0.448. The maximum atomic E-state index is 11.8. The third kappa shape index (κ3) is 5.30. The minimum absolute atomic E-state index is 0.211. The average molecular weight is 282 g/mol. The molecule has 1 aliphatic carbocycles. The Labute approximate surface area is 120 Å². The molecule has 0 bridgehead atoms. The summed E-state index contributed by atoms with van der Waals surface area (Å²) in [6.45, 7) is 4.69. The molecule has 1 saturated carbocycles. The number of carbonyl (C=O) groups is 2. The van der Waals surface area contributed by atoms with Crippen LogP contribution in [0, 0.1) is 5.92 Å². The Morgan fingerprint density at radius 2 is 2.10 bits per heavy atom. The van der Waals surface area contributed by atoms with Gasteiger partial charge >= 0.3 is 6.03 Å². The van der Waals surface area contributed by atoms with Crippen molar-refractivity contribution in [1.82, 2.24) is 15.5 Å². The number of likely N-dealkylation sites (N-methyl/N-ethyl adjacent to an activating group) is 1. The molecule has 1 aliphatic rings. The van der Waals surface area contributed by atoms with Gasteiger partial charge in [-0.05, 0) is 32.4 Å². The van der Waals surface area contributed by atoms with E-state index in [1.165, 1.54) is 12.8 Å². The van der Waals surface area contributed by atoms with Crippen molar-refractivity contribution in [2.75, 3.05) is 26.7 Å². The van der Waals surface area contributed by atoms with E-state index in [0.717, 1.165) is 12.8 Å². The smallest absolute Gasteiger partial charge is 0.321 e. The summed E-state index contributed by atoms with van der Waals surface area (Å²) in [4.78, 5) is 25.2. The lowest BCUT2D eigenvalue weighted by atomic mass is 9.84. The quantitative estimate of drug-likeness (QED) is 0.617. The molecule has 0 aliphatic heterocycles. The second kappa shape index (κ2) is 8.71. The van der Waals surface area contributed by atoms with Crippen LogP contribution in [0.4, 0.5) is 4.79 Å². The van der Waals surface area contributed by atoms with Gasteiger partial charge in [-0.1, -0.05) is 18.9 Å². The molecule has 20 heavy (non-hydrogen) atoms. The van der Waals surface area contributed by atoms with Crippen molar-refractivity contribution in [2.45, 2.75) is 31.7 Å². The fraction of sp³-hybridized carbons (Fsp3) is 0.714. The van der Waals surface area contributed by atoms with Crippen LogP contribution >= 0.6 is 0 Å². The normalized spacial score (nSPS) is 22.4. The number of hydrogen-bond donors (Lipinski definition) is 3. The van der Waals surface area contributed by atoms with E-state index in [4.69, 9.17) is 5.73 Å². The van der Waals surface area contributed by atoms with Crippen molar-refractivity contribution in [3.8, 4) is 0 Å². The van der Waals surface area contributed by atoms with E-state index >= 15 is 0 Å². The highest BCUT2D eigenvalue weighted by Gasteiger charge is 2.28. The van der Waals surface area contributed by atoms with E-state index in [9.17, 15) is 9.59 Å². The van der Waals surface area contributed by atoms with Gasteiger partial charge in [-0.15, -0.1) is 6.58 Å². The summed E-state index contributed by atoms with van der Waals surface area (Å²) in [5.74, 6) is 0.145. The van der Waals surface area contributed by atoms with Crippen LogP contribution in [0.5, 0.6) is 0 Å². The van der Waals surface area contributed by atoms with E-state index in [1.54, 1.807) is 6.08 Å². The molecule has 0 saturated heterocycles. The molecule has 0 aromatic heterocycles. The third-order valence-electron chi connectivity index (χ3n) is 3.79. The van der Waals surface area contributed by atoms with Crippen LogP contribution in [-0.4, -0.2) is 49.6 Å². The minimum Gasteiger partial charge on any atom is -0.334 e. The Balaban J connectivity index is 2.39. The van der Waals surface area contributed by atoms with Crippen LogP contribution in [0.25, 0.3) is 0 Å². The van der Waals surface area contributed by atoms with Gasteiger partial charge in [0.25, 0.3) is 0 Å². The van der Waals surface area contributed by atoms with Gasteiger partial charge in [0, 0.05) is 12.6 Å². The number of imide groups is 1. The molecule has 1 rings (SSSR count). The number of nitrogens with two attached hydrogens (primary N) is 1. The van der Waals surface area contributed by atoms with Gasteiger partial charge in [-0.3, -0.25) is 15.0 Å². The largest absolute Gasteiger partial charge is 0.334 e. The summed E-state index contributed by atoms with van der Waals surface area (Å²) in [5, 5.41) is 4.82. The monoisotopic (exact) mass is 282 g/mol. The molecule has 6 nitrogen and oxygen atoms in total. The first kappa shape index (κ1) is 16.7. The molecule has 3 amide bonds. The summed E-state index contributed by atoms with van der Waals surface area (Å²) >= 11 is 0. The molecule has 0 spiro atoms. The van der Waals surface area contributed by atoms with Crippen LogP contribution in [0.2, 0.25) is 0 Å². The molecule has 1 fully saturated rings. The highest BCUT2D eigenvalue weighted by molar-refractivity contribution is 5.95. The highest BCUT2D eigenvalue weighted by Crippen LogP contribution is 2.26. The van der Waals surface area contributed by atoms with Crippen molar-refractivity contribution in [3.05, 3.63) is 12.7 Å². The van der Waals surface area contributed by atoms with Gasteiger partial charge in [-0.25, -0.2) is 4.79 Å². The summed E-state index contributed by atoms with van der Waals surface area (Å²) in [6, 6.07) is -0.155. The number of hydrogen-bond acceptors (Lipinski definition) is 4. The van der Waals surface area contributed by atoms with Crippen molar-refractivity contribution in [3.63, 3.8) is 0 Å². The van der Waals surface area contributed by atoms with E-state index in [0.29, 0.717) is 25.0 Å². The zero-order chi connectivity index (χ0) is 15.0. The zero-order valence-corrected chi connectivity index (χ0v) is 12.2. The van der Waals surface area contributed by atoms with Crippen LogP contribution in [-0.2, 0) is 4.79 Å². The average Bonchev–Trinajstić information content (AvgIpc) is 2.44. The van der Waals surface area contributed by atoms with Crippen molar-refractivity contribution in [1.29, 1.82) is 0 Å². The van der Waals surface area contributed by atoms with Crippen LogP contribution in [0.15, 0.2) is 12.7 Å². The summed E-state index contributed by atoms with van der Waals surface area (Å²) in [7, 11) is 1.92. The Bertz CT molecular complexity index is 346. The fourth-order valence-electron chi connectivity index (χ4n) is 2.76. The molecule has 6 heteroatoms. The first-order valence-electron chi connectivity index (χ1n) is 7.17. The topological polar surface area (TPSA) is 87.5 Å². The maximum absolute atomic E-state index is 11.8. The lowest BCUT2D eigenvalue weighted by molar-refractivity contribution is -0.121. The first-order valence-corrected chi connectivity index (χ1v) is 7.17. The molecule has 114 valence electrons. The molecule has 2 atom stereocenters. The van der Waals surface area contributed by atoms with Crippen molar-refractivity contribution in [2.24, 2.45) is 11.7 Å². The number of urea groups is 1. The lowest BCUT2D eigenvalue weighted by Crippen LogP contribution is -2.49. The van der Waals surface area contributed by atoms with Gasteiger partial charge in [-0.2, -0.15) is 0 Å². The Morgan fingerprint density at radius 3 is 2.75 bits per heavy atom. The molecular weight excluding hydrogens is 256 g/mol. The SMILES string of the molecule is C=CCNC(=O)NC(=O)CN(C)C1CCCCC1CN. The van der Waals surface area contributed by atoms with Crippen molar-refractivity contribution < 1.29 is 9.59 Å². The number of amides is 3. The van der Waals surface area contributed by atoms with Crippen molar-refractivity contribution >= 4 is 11.9 Å². The van der Waals surface area contributed by atoms with Crippen LogP contribution in [0.3, 0.4) is 0 Å². The zero-order valence-electron chi connectivity index (χ0n) is 12.2. The molecule has 2 unspecified atom stereocenters. The summed E-state index contributed by atoms with van der Waals surface area (Å²) < 4.78 is 0. The molecule has 0 heterocycles. The van der Waals surface area contributed by atoms with E-state index in [2.05, 4.69) is 17.2 Å². The standard InChI is InChI=1S/C14H26N4O2/c1-3-8-16-14(20)17-13(19)10-18(2)12-7-5-4-6-11(12)9-15/h3,11-12H,1,4-10,15H2,2H3,(H2,16,17,19,20). The highest BCUT2D eigenvalue weighted by atomic mass is 16.2. The third-order valence-corrected chi connectivity index (χ3v) is 3.79. The van der Waals surface area contributed by atoms with Gasteiger partial charge in [0.2, 0.25) is 5.91 Å². The first-order chi connectivity index (χ1) is 9.58. The predicted molar refractivity (Wildman–Crippen MR) is 79.2 cm³/mol. The second-order valence-electron chi connectivity index (χ2n) is 5.31. The van der Waals surface area contributed by atoms with Crippen LogP contribution in [0.1, 0.15) is 25.7 Å². The molecular formula is C14H26N4O2. The summed E-state index contributed by atoms with van der Waals surface area (Å²) in [6.07, 6.45) is 6.13. The van der Waals surface area contributed by atoms with E-state index < -0.39 is 6.03 Å². The van der Waals surface area contributed by atoms with Crippen LogP contribution < -0.4 is 16.4 Å². The second-order valence-corrected chi connectivity index (χ2v) is 5.31. The van der Waals surface area contributed by atoms with E-state index in [1.807, 2.05) is 11.9 Å². The molecule has 0 aromatic carbocycles. The van der Waals surface area contributed by atoms with Gasteiger partial charge < -0.3 is 11.1 Å². The number of carbonyl (C=O) groups excluding carboxylic acids is 2. The minimum atomic E-state index is -0.484. The fourth-order valence-corrected chi connectivity index (χ4v) is 2.76. The number of nitrogens with zero attached hydrogens (tertiary/aromatic N) is 1. The number of rotatable bonds is 6.